The number of aromatic nitrogens is 2. The molecule has 0 fully saturated rings. The molecule has 0 amide bonds. The molecule has 1 rings (SSSR count). The maximum absolute atomic E-state index is 4.05. The zero-order chi connectivity index (χ0) is 8.97. The van der Waals surface area contributed by atoms with Gasteiger partial charge in [0, 0.05) is 12.0 Å². The summed E-state index contributed by atoms with van der Waals surface area (Å²) in [6.07, 6.45) is 0. The molecule has 4 heteroatoms. The molecule has 3 nitrogen and oxygen atoms in total. The van der Waals surface area contributed by atoms with Gasteiger partial charge in [-0.05, 0) is 13.5 Å². The average Bonchev–Trinajstić information content (AvgIpc) is 2.55. The minimum atomic E-state index is 0.456. The van der Waals surface area contributed by atoms with Gasteiger partial charge in [-0.15, -0.1) is 21.5 Å². The molecule has 1 N–H and O–H groups in total. The summed E-state index contributed by atoms with van der Waals surface area (Å²) >= 11 is 1.62. The van der Waals surface area contributed by atoms with Gasteiger partial charge in [0.15, 0.2) is 0 Å². The van der Waals surface area contributed by atoms with Crippen LogP contribution in [0.1, 0.15) is 31.7 Å². The van der Waals surface area contributed by atoms with Crippen LogP contribution in [0.25, 0.3) is 0 Å². The Bertz CT molecular complexity index is 210. The first-order valence-electron chi connectivity index (χ1n) is 4.25. The molecule has 1 heterocycles. The van der Waals surface area contributed by atoms with Crippen LogP contribution in [0.5, 0.6) is 0 Å². The van der Waals surface area contributed by atoms with Crippen molar-refractivity contribution < 1.29 is 0 Å². The summed E-state index contributed by atoms with van der Waals surface area (Å²) in [6, 6.07) is 0.475. The van der Waals surface area contributed by atoms with E-state index in [-0.39, 0.29) is 0 Å². The van der Waals surface area contributed by atoms with Gasteiger partial charge in [0.05, 0.1) is 0 Å². The molecular weight excluding hydrogens is 170 g/mol. The van der Waals surface area contributed by atoms with E-state index in [4.69, 9.17) is 0 Å². The summed E-state index contributed by atoms with van der Waals surface area (Å²) in [6.45, 7) is 7.47. The number of hydrogen-bond donors (Lipinski definition) is 1. The van der Waals surface area contributed by atoms with Gasteiger partial charge in [0.25, 0.3) is 0 Å². The molecule has 0 radical (unpaired) electrons. The average molecular weight is 185 g/mol. The second-order valence-corrected chi connectivity index (χ2v) is 3.78. The van der Waals surface area contributed by atoms with Gasteiger partial charge in [-0.1, -0.05) is 13.8 Å². The third-order valence-electron chi connectivity index (χ3n) is 2.04. The SMILES string of the molecule is CCNC(C)C(C)c1nncs1. The molecular formula is C8H15N3S. The maximum Gasteiger partial charge on any atom is 0.121 e. The van der Waals surface area contributed by atoms with Crippen molar-refractivity contribution in [2.24, 2.45) is 0 Å². The molecule has 0 aliphatic rings. The van der Waals surface area contributed by atoms with Crippen molar-refractivity contribution >= 4 is 11.3 Å². The highest BCUT2D eigenvalue weighted by Gasteiger charge is 2.15. The number of likely N-dealkylation sites (N-methyl/N-ethyl adjacent to an activating group) is 1. The first-order valence-corrected chi connectivity index (χ1v) is 5.13. The Morgan fingerprint density at radius 3 is 2.83 bits per heavy atom. The van der Waals surface area contributed by atoms with Crippen molar-refractivity contribution in [1.29, 1.82) is 0 Å². The zero-order valence-electron chi connectivity index (χ0n) is 7.74. The van der Waals surface area contributed by atoms with E-state index >= 15 is 0 Å². The van der Waals surface area contributed by atoms with E-state index in [1.807, 2.05) is 0 Å². The van der Waals surface area contributed by atoms with E-state index in [1.54, 1.807) is 16.8 Å². The zero-order valence-corrected chi connectivity index (χ0v) is 8.56. The molecule has 1 aromatic heterocycles. The summed E-state index contributed by atoms with van der Waals surface area (Å²) in [5.41, 5.74) is 1.78. The highest BCUT2D eigenvalue weighted by Crippen LogP contribution is 2.19. The molecule has 0 saturated heterocycles. The van der Waals surface area contributed by atoms with Gasteiger partial charge in [0.1, 0.15) is 10.5 Å². The van der Waals surface area contributed by atoms with E-state index in [0.717, 1.165) is 11.6 Å². The Balaban J connectivity index is 2.53. The third kappa shape index (κ3) is 2.25. The molecule has 68 valence electrons. The molecule has 1 aromatic rings. The van der Waals surface area contributed by atoms with Crippen molar-refractivity contribution in [1.82, 2.24) is 15.5 Å². The molecule has 2 atom stereocenters. The van der Waals surface area contributed by atoms with Crippen LogP contribution in [-0.2, 0) is 0 Å². The number of nitrogens with zero attached hydrogens (tertiary/aromatic N) is 2. The molecule has 0 spiro atoms. The van der Waals surface area contributed by atoms with Crippen LogP contribution in [0.4, 0.5) is 0 Å². The predicted octanol–water partition coefficient (Wildman–Crippen LogP) is 1.64. The van der Waals surface area contributed by atoms with Gasteiger partial charge in [-0.2, -0.15) is 0 Å². The molecule has 2 unspecified atom stereocenters. The third-order valence-corrected chi connectivity index (χ3v) is 2.94. The second kappa shape index (κ2) is 4.52. The summed E-state index contributed by atoms with van der Waals surface area (Å²) in [5, 5.41) is 12.4. The highest BCUT2D eigenvalue weighted by atomic mass is 32.1. The summed E-state index contributed by atoms with van der Waals surface area (Å²) < 4.78 is 0. The van der Waals surface area contributed by atoms with Crippen molar-refractivity contribution in [3.63, 3.8) is 0 Å². The van der Waals surface area contributed by atoms with E-state index in [1.165, 1.54) is 0 Å². The first kappa shape index (κ1) is 9.61. The fourth-order valence-corrected chi connectivity index (χ4v) is 1.81. The van der Waals surface area contributed by atoms with Crippen LogP contribution < -0.4 is 5.32 Å². The van der Waals surface area contributed by atoms with Crippen molar-refractivity contribution in [3.05, 3.63) is 10.5 Å². The van der Waals surface area contributed by atoms with Gasteiger partial charge in [-0.3, -0.25) is 0 Å². The van der Waals surface area contributed by atoms with E-state index in [9.17, 15) is 0 Å². The molecule has 0 aliphatic heterocycles. The fourth-order valence-electron chi connectivity index (χ4n) is 1.09. The minimum absolute atomic E-state index is 0.456. The Labute approximate surface area is 77.2 Å². The van der Waals surface area contributed by atoms with Gasteiger partial charge in [0.2, 0.25) is 0 Å². The number of nitrogens with one attached hydrogen (secondary N) is 1. The number of rotatable bonds is 4. The normalized spacial score (nSPS) is 15.9. The van der Waals surface area contributed by atoms with Crippen LogP contribution in [0.15, 0.2) is 5.51 Å². The molecule has 0 aliphatic carbocycles. The molecule has 0 aromatic carbocycles. The van der Waals surface area contributed by atoms with Crippen LogP contribution >= 0.6 is 11.3 Å². The van der Waals surface area contributed by atoms with Crippen LogP contribution in [0.3, 0.4) is 0 Å². The fraction of sp³-hybridized carbons (Fsp3) is 0.750. The maximum atomic E-state index is 4.05. The van der Waals surface area contributed by atoms with Gasteiger partial charge in [-0.25, -0.2) is 0 Å². The smallest absolute Gasteiger partial charge is 0.121 e. The summed E-state index contributed by atoms with van der Waals surface area (Å²) in [7, 11) is 0. The Morgan fingerprint density at radius 1 is 1.58 bits per heavy atom. The standard InChI is InChI=1S/C8H15N3S/c1-4-9-7(3)6(2)8-11-10-5-12-8/h5-7,9H,4H2,1-3H3. The second-order valence-electron chi connectivity index (χ2n) is 2.91. The summed E-state index contributed by atoms with van der Waals surface area (Å²) in [4.78, 5) is 0. The minimum Gasteiger partial charge on any atom is -0.314 e. The molecule has 0 bridgehead atoms. The largest absolute Gasteiger partial charge is 0.314 e. The predicted molar refractivity (Wildman–Crippen MR) is 51.5 cm³/mol. The Hall–Kier alpha value is -0.480. The van der Waals surface area contributed by atoms with Crippen molar-refractivity contribution in [2.75, 3.05) is 6.54 Å². The highest BCUT2D eigenvalue weighted by molar-refractivity contribution is 7.09. The van der Waals surface area contributed by atoms with E-state index in [2.05, 4.69) is 36.3 Å². The van der Waals surface area contributed by atoms with Crippen molar-refractivity contribution in [3.8, 4) is 0 Å². The van der Waals surface area contributed by atoms with Crippen LogP contribution in [0, 0.1) is 0 Å². The van der Waals surface area contributed by atoms with Gasteiger partial charge < -0.3 is 5.32 Å². The first-order chi connectivity index (χ1) is 5.75. The lowest BCUT2D eigenvalue weighted by Crippen LogP contribution is -2.30. The van der Waals surface area contributed by atoms with Crippen molar-refractivity contribution in [2.45, 2.75) is 32.7 Å². The molecule has 0 saturated carbocycles. The number of hydrogen-bond acceptors (Lipinski definition) is 4. The van der Waals surface area contributed by atoms with E-state index in [0.29, 0.717) is 12.0 Å². The van der Waals surface area contributed by atoms with Gasteiger partial charge >= 0.3 is 0 Å². The quantitative estimate of drug-likeness (QED) is 0.775. The van der Waals surface area contributed by atoms with Crippen LogP contribution in [-0.4, -0.2) is 22.8 Å². The van der Waals surface area contributed by atoms with Crippen LogP contribution in [0.2, 0.25) is 0 Å². The topological polar surface area (TPSA) is 37.8 Å². The van der Waals surface area contributed by atoms with E-state index < -0.39 is 0 Å². The Morgan fingerprint density at radius 2 is 2.33 bits per heavy atom. The lowest BCUT2D eigenvalue weighted by Gasteiger charge is -2.17. The summed E-state index contributed by atoms with van der Waals surface area (Å²) in [5.74, 6) is 0.456. The Kier molecular flexibility index (Phi) is 3.62. The lowest BCUT2D eigenvalue weighted by atomic mass is 10.1. The lowest BCUT2D eigenvalue weighted by molar-refractivity contribution is 0.491. The molecule has 12 heavy (non-hydrogen) atoms. The monoisotopic (exact) mass is 185 g/mol.